The van der Waals surface area contributed by atoms with Crippen molar-refractivity contribution in [2.45, 2.75) is 18.5 Å². The molecule has 8 heteroatoms. The third-order valence-electron chi connectivity index (χ3n) is 4.49. The fourth-order valence-corrected chi connectivity index (χ4v) is 3.18. The summed E-state index contributed by atoms with van der Waals surface area (Å²) in [7, 11) is 1.62. The molecule has 0 saturated heterocycles. The molecule has 0 spiro atoms. The van der Waals surface area contributed by atoms with Crippen LogP contribution in [-0.2, 0) is 6.18 Å². The Morgan fingerprint density at radius 3 is 2.52 bits per heavy atom. The normalized spacial score (nSPS) is 19.6. The summed E-state index contributed by atoms with van der Waals surface area (Å²) in [6, 6.07) is 7.59. The van der Waals surface area contributed by atoms with Crippen LogP contribution in [0.5, 0.6) is 0 Å². The minimum absolute atomic E-state index is 0.0280. The number of nitrogens with zero attached hydrogens (tertiary/aromatic N) is 2. The lowest BCUT2D eigenvalue weighted by Gasteiger charge is -2.24. The lowest BCUT2D eigenvalue weighted by atomic mass is 10.1. The van der Waals surface area contributed by atoms with Gasteiger partial charge in [-0.05, 0) is 42.0 Å². The Hall–Kier alpha value is -2.35. The number of alkyl halides is 3. The van der Waals surface area contributed by atoms with Crippen molar-refractivity contribution in [1.29, 1.82) is 0 Å². The van der Waals surface area contributed by atoms with E-state index in [-0.39, 0.29) is 23.3 Å². The van der Waals surface area contributed by atoms with Crippen LogP contribution in [0.3, 0.4) is 0 Å². The highest BCUT2D eigenvalue weighted by Gasteiger charge is 2.41. The molecule has 0 unspecified atom stereocenters. The summed E-state index contributed by atoms with van der Waals surface area (Å²) >= 11 is 0. The standard InChI is InChI=1S/C17H18F4N4/c1-25(9-11-8-13(11)10-2-4-12(18)5-3-10)14-6-7-23-16(24-22)15(14)17(19,20)21/h2-7,11,13H,8-9,22H2,1H3,(H,23,24)/t11-,13-/m0/s1. The molecular formula is C17H18F4N4. The molecule has 1 aromatic heterocycles. The Kier molecular flexibility index (Phi) is 4.55. The molecule has 0 amide bonds. The molecule has 134 valence electrons. The molecule has 1 fully saturated rings. The highest BCUT2D eigenvalue weighted by molar-refractivity contribution is 5.64. The average Bonchev–Trinajstić information content (AvgIpc) is 3.33. The van der Waals surface area contributed by atoms with Crippen molar-refractivity contribution in [2.75, 3.05) is 23.9 Å². The van der Waals surface area contributed by atoms with E-state index in [0.29, 0.717) is 6.54 Å². The molecule has 1 heterocycles. The number of halogens is 4. The number of hydrazine groups is 1. The smallest absolute Gasteiger partial charge is 0.374 e. The van der Waals surface area contributed by atoms with Gasteiger partial charge in [0.1, 0.15) is 11.4 Å². The minimum atomic E-state index is -4.57. The predicted molar refractivity (Wildman–Crippen MR) is 87.6 cm³/mol. The number of aromatic nitrogens is 1. The van der Waals surface area contributed by atoms with Gasteiger partial charge in [-0.2, -0.15) is 13.2 Å². The van der Waals surface area contributed by atoms with Gasteiger partial charge in [0.05, 0.1) is 5.69 Å². The van der Waals surface area contributed by atoms with E-state index in [9.17, 15) is 17.6 Å². The van der Waals surface area contributed by atoms with Gasteiger partial charge in [0.2, 0.25) is 0 Å². The molecule has 25 heavy (non-hydrogen) atoms. The van der Waals surface area contributed by atoms with Crippen molar-refractivity contribution in [1.82, 2.24) is 4.98 Å². The van der Waals surface area contributed by atoms with Crippen molar-refractivity contribution in [3.63, 3.8) is 0 Å². The van der Waals surface area contributed by atoms with Gasteiger partial charge < -0.3 is 10.3 Å². The average molecular weight is 354 g/mol. The number of benzene rings is 1. The number of anilines is 2. The minimum Gasteiger partial charge on any atom is -0.374 e. The zero-order valence-electron chi connectivity index (χ0n) is 13.5. The monoisotopic (exact) mass is 354 g/mol. The summed E-state index contributed by atoms with van der Waals surface area (Å²) in [5.41, 5.74) is 2.17. The van der Waals surface area contributed by atoms with Crippen LogP contribution in [0.15, 0.2) is 36.5 Å². The van der Waals surface area contributed by atoms with Crippen LogP contribution in [0.25, 0.3) is 0 Å². The van der Waals surface area contributed by atoms with Gasteiger partial charge >= 0.3 is 6.18 Å². The third kappa shape index (κ3) is 3.68. The van der Waals surface area contributed by atoms with Crippen molar-refractivity contribution < 1.29 is 17.6 Å². The molecule has 3 rings (SSSR count). The number of nitrogens with one attached hydrogen (secondary N) is 1. The SMILES string of the molecule is CN(C[C@@H]1C[C@H]1c1ccc(F)cc1)c1ccnc(NN)c1C(F)(F)F. The maximum atomic E-state index is 13.4. The van der Waals surface area contributed by atoms with E-state index >= 15 is 0 Å². The molecule has 0 aliphatic heterocycles. The zero-order chi connectivity index (χ0) is 18.2. The Morgan fingerprint density at radius 1 is 1.24 bits per heavy atom. The molecule has 1 aliphatic carbocycles. The van der Waals surface area contributed by atoms with E-state index in [1.807, 2.05) is 5.43 Å². The van der Waals surface area contributed by atoms with E-state index < -0.39 is 17.6 Å². The first-order chi connectivity index (χ1) is 11.8. The number of rotatable bonds is 5. The van der Waals surface area contributed by atoms with E-state index in [1.165, 1.54) is 24.4 Å². The van der Waals surface area contributed by atoms with Gasteiger partial charge in [0.25, 0.3) is 0 Å². The molecule has 1 aromatic carbocycles. The maximum Gasteiger partial charge on any atom is 0.422 e. The van der Waals surface area contributed by atoms with Crippen LogP contribution in [0, 0.1) is 11.7 Å². The first kappa shape index (κ1) is 17.5. The molecular weight excluding hydrogens is 336 g/mol. The molecule has 4 nitrogen and oxygen atoms in total. The molecule has 1 aliphatic rings. The van der Waals surface area contributed by atoms with Gasteiger partial charge in [0, 0.05) is 19.8 Å². The van der Waals surface area contributed by atoms with E-state index in [4.69, 9.17) is 5.84 Å². The lowest BCUT2D eigenvalue weighted by molar-refractivity contribution is -0.136. The van der Waals surface area contributed by atoms with Crippen LogP contribution < -0.4 is 16.2 Å². The quantitative estimate of drug-likeness (QED) is 0.488. The van der Waals surface area contributed by atoms with E-state index in [2.05, 4.69) is 4.98 Å². The van der Waals surface area contributed by atoms with Crippen molar-refractivity contribution >= 4 is 11.5 Å². The summed E-state index contributed by atoms with van der Waals surface area (Å²) < 4.78 is 53.2. The molecule has 2 aromatic rings. The molecule has 3 N–H and O–H groups in total. The summed E-state index contributed by atoms with van der Waals surface area (Å²) in [5, 5.41) is 0. The summed E-state index contributed by atoms with van der Waals surface area (Å²) in [5.74, 6) is 4.94. The Balaban J connectivity index is 1.76. The van der Waals surface area contributed by atoms with E-state index in [0.717, 1.165) is 12.0 Å². The number of pyridine rings is 1. The Morgan fingerprint density at radius 2 is 1.92 bits per heavy atom. The maximum absolute atomic E-state index is 13.4. The van der Waals surface area contributed by atoms with Crippen LogP contribution in [-0.4, -0.2) is 18.6 Å². The second-order valence-electron chi connectivity index (χ2n) is 6.23. The van der Waals surface area contributed by atoms with Gasteiger partial charge in [-0.1, -0.05) is 12.1 Å². The van der Waals surface area contributed by atoms with Crippen molar-refractivity contribution in [2.24, 2.45) is 11.8 Å². The molecule has 1 saturated carbocycles. The topological polar surface area (TPSA) is 54.2 Å². The number of nitrogen functional groups attached to an aromatic ring is 1. The summed E-state index contributed by atoms with van der Waals surface area (Å²) in [6.07, 6.45) is -2.41. The first-order valence-electron chi connectivity index (χ1n) is 7.80. The second kappa shape index (κ2) is 6.51. The predicted octanol–water partition coefficient (Wildman–Crippen LogP) is 3.77. The number of nitrogens with two attached hydrogens (primary N) is 1. The first-order valence-corrected chi connectivity index (χ1v) is 7.80. The summed E-state index contributed by atoms with van der Waals surface area (Å²) in [4.78, 5) is 5.22. The van der Waals surface area contributed by atoms with E-state index in [1.54, 1.807) is 24.1 Å². The van der Waals surface area contributed by atoms with Gasteiger partial charge in [-0.25, -0.2) is 15.2 Å². The highest BCUT2D eigenvalue weighted by atomic mass is 19.4. The Bertz CT molecular complexity index is 745. The Labute approximate surface area is 142 Å². The van der Waals surface area contributed by atoms with Gasteiger partial charge in [0.15, 0.2) is 5.82 Å². The lowest BCUT2D eigenvalue weighted by Crippen LogP contribution is -2.26. The fraction of sp³-hybridized carbons (Fsp3) is 0.353. The second-order valence-corrected chi connectivity index (χ2v) is 6.23. The van der Waals surface area contributed by atoms with Gasteiger partial charge in [-0.15, -0.1) is 0 Å². The number of hydrogen-bond acceptors (Lipinski definition) is 4. The molecule has 2 atom stereocenters. The summed E-state index contributed by atoms with van der Waals surface area (Å²) in [6.45, 7) is 0.457. The van der Waals surface area contributed by atoms with Crippen molar-refractivity contribution in [3.05, 3.63) is 53.5 Å². The molecule has 0 radical (unpaired) electrons. The van der Waals surface area contributed by atoms with Crippen LogP contribution in [0.1, 0.15) is 23.5 Å². The van der Waals surface area contributed by atoms with Crippen LogP contribution >= 0.6 is 0 Å². The van der Waals surface area contributed by atoms with Crippen LogP contribution in [0.4, 0.5) is 29.1 Å². The van der Waals surface area contributed by atoms with Gasteiger partial charge in [-0.3, -0.25) is 0 Å². The number of hydrogen-bond donors (Lipinski definition) is 2. The fourth-order valence-electron chi connectivity index (χ4n) is 3.18. The largest absolute Gasteiger partial charge is 0.422 e. The zero-order valence-corrected chi connectivity index (χ0v) is 13.5. The van der Waals surface area contributed by atoms with Crippen molar-refractivity contribution in [3.8, 4) is 0 Å². The molecule has 0 bridgehead atoms. The van der Waals surface area contributed by atoms with Crippen LogP contribution in [0.2, 0.25) is 0 Å². The third-order valence-corrected chi connectivity index (χ3v) is 4.49. The highest BCUT2D eigenvalue weighted by Crippen LogP contribution is 2.49.